The van der Waals surface area contributed by atoms with Crippen LogP contribution in [0.5, 0.6) is 0 Å². The van der Waals surface area contributed by atoms with Crippen LogP contribution in [0.3, 0.4) is 0 Å². The maximum Gasteiger partial charge on any atom is 0.341 e. The zero-order valence-electron chi connectivity index (χ0n) is 13.6. The van der Waals surface area contributed by atoms with Crippen LogP contribution < -0.4 is 4.90 Å². The number of carboxylic acid groups (broad SMARTS) is 1. The van der Waals surface area contributed by atoms with Crippen LogP contribution in [0.1, 0.15) is 22.6 Å². The number of hydrogen-bond donors (Lipinski definition) is 1. The van der Waals surface area contributed by atoms with Crippen LogP contribution >= 0.6 is 23.2 Å². The molecule has 0 bridgehead atoms. The number of halogens is 2. The molecular weight excluding hydrogens is 415 g/mol. The third-order valence-corrected chi connectivity index (χ3v) is 7.35. The van der Waals surface area contributed by atoms with Gasteiger partial charge in [-0.1, -0.05) is 29.3 Å². The van der Waals surface area contributed by atoms with Crippen molar-refractivity contribution in [3.05, 3.63) is 45.8 Å². The Morgan fingerprint density at radius 1 is 1.37 bits per heavy atom. The number of carbonyl (C=O) groups is 1. The highest BCUT2D eigenvalue weighted by Gasteiger charge is 2.37. The van der Waals surface area contributed by atoms with Crippen LogP contribution in [-0.2, 0) is 9.84 Å². The van der Waals surface area contributed by atoms with Gasteiger partial charge in [0.2, 0.25) is 5.82 Å². The molecule has 0 saturated carbocycles. The van der Waals surface area contributed by atoms with E-state index in [0.717, 1.165) is 6.20 Å². The number of benzene rings is 1. The Kier molecular flexibility index (Phi) is 5.24. The van der Waals surface area contributed by atoms with E-state index in [1.807, 2.05) is 0 Å². The maximum absolute atomic E-state index is 13.0. The molecule has 0 spiro atoms. The van der Waals surface area contributed by atoms with Crippen LogP contribution in [0.15, 0.2) is 29.3 Å². The molecule has 11 heteroatoms. The van der Waals surface area contributed by atoms with Crippen LogP contribution in [0, 0.1) is 11.3 Å². The number of rotatable bonds is 4. The van der Waals surface area contributed by atoms with Crippen molar-refractivity contribution in [2.75, 3.05) is 18.0 Å². The van der Waals surface area contributed by atoms with Crippen molar-refractivity contribution in [1.29, 1.82) is 5.26 Å². The zero-order chi connectivity index (χ0) is 19.8. The Morgan fingerprint density at radius 2 is 2.11 bits per heavy atom. The van der Waals surface area contributed by atoms with E-state index in [0.29, 0.717) is 0 Å². The summed E-state index contributed by atoms with van der Waals surface area (Å²) in [5, 5.41) is 17.5. The number of anilines is 1. The van der Waals surface area contributed by atoms with Crippen molar-refractivity contribution in [2.45, 2.75) is 16.6 Å². The van der Waals surface area contributed by atoms with Gasteiger partial charge < -0.3 is 10.0 Å². The van der Waals surface area contributed by atoms with Crippen LogP contribution in [0.2, 0.25) is 10.0 Å². The molecule has 1 saturated heterocycles. The lowest BCUT2D eigenvalue weighted by molar-refractivity contribution is 0.0696. The molecule has 1 aromatic heterocycles. The fourth-order valence-electron chi connectivity index (χ4n) is 2.88. The fraction of sp³-hybridized carbons (Fsp3) is 0.250. The number of sulfone groups is 1. The smallest absolute Gasteiger partial charge is 0.341 e. The van der Waals surface area contributed by atoms with Crippen molar-refractivity contribution in [3.63, 3.8) is 0 Å². The SMILES string of the molecule is N#Cc1ncc(C(=O)O)c(N2CC[C@H](S(=O)(=O)c3cccc(Cl)c3Cl)C2)n1. The highest BCUT2D eigenvalue weighted by Crippen LogP contribution is 2.34. The molecule has 1 fully saturated rings. The number of hydrogen-bond acceptors (Lipinski definition) is 7. The summed E-state index contributed by atoms with van der Waals surface area (Å²) in [6.07, 6.45) is 1.29. The molecular formula is C16H12Cl2N4O4S. The second-order valence-electron chi connectivity index (χ2n) is 5.80. The minimum absolute atomic E-state index is 0.00728. The average Bonchev–Trinajstić information content (AvgIpc) is 3.14. The molecule has 2 heterocycles. The Hall–Kier alpha value is -2.41. The lowest BCUT2D eigenvalue weighted by Gasteiger charge is -2.19. The molecule has 8 nitrogen and oxygen atoms in total. The summed E-state index contributed by atoms with van der Waals surface area (Å²) in [4.78, 5) is 20.5. The summed E-state index contributed by atoms with van der Waals surface area (Å²) < 4.78 is 25.9. The third-order valence-electron chi connectivity index (χ3n) is 4.21. The minimum Gasteiger partial charge on any atom is -0.477 e. The second-order valence-corrected chi connectivity index (χ2v) is 8.78. The molecule has 1 aliphatic heterocycles. The first-order valence-electron chi connectivity index (χ1n) is 7.69. The minimum atomic E-state index is -3.80. The topological polar surface area (TPSA) is 124 Å². The lowest BCUT2D eigenvalue weighted by atomic mass is 10.3. The summed E-state index contributed by atoms with van der Waals surface area (Å²) in [6.45, 7) is 0.261. The Bertz CT molecular complexity index is 1070. The van der Waals surface area contributed by atoms with E-state index >= 15 is 0 Å². The number of aromatic nitrogens is 2. The molecule has 0 aliphatic carbocycles. The van der Waals surface area contributed by atoms with Gasteiger partial charge in [0, 0.05) is 19.3 Å². The fourth-order valence-corrected chi connectivity index (χ4v) is 5.33. The van der Waals surface area contributed by atoms with Gasteiger partial charge in [0.1, 0.15) is 17.5 Å². The normalized spacial score (nSPS) is 16.9. The van der Waals surface area contributed by atoms with Gasteiger partial charge in [-0.3, -0.25) is 0 Å². The quantitative estimate of drug-likeness (QED) is 0.789. The summed E-state index contributed by atoms with van der Waals surface area (Å²) in [5.41, 5.74) is -0.201. The Balaban J connectivity index is 1.95. The molecule has 27 heavy (non-hydrogen) atoms. The maximum atomic E-state index is 13.0. The van der Waals surface area contributed by atoms with Crippen LogP contribution in [-0.4, -0.2) is 47.8 Å². The van der Waals surface area contributed by atoms with Gasteiger partial charge in [0.05, 0.1) is 20.2 Å². The van der Waals surface area contributed by atoms with Crippen molar-refractivity contribution in [2.24, 2.45) is 0 Å². The number of nitriles is 1. The second kappa shape index (κ2) is 7.31. The average molecular weight is 427 g/mol. The molecule has 2 aromatic rings. The standard InChI is InChI=1S/C16H12Cl2N4O4S/c17-11-2-1-3-12(14(11)18)27(25,26)9-4-5-22(8-9)15-10(16(23)24)7-20-13(6-19)21-15/h1-3,7,9H,4-5,8H2,(H,23,24)/t9-/m0/s1. The van der Waals surface area contributed by atoms with Crippen molar-refractivity contribution >= 4 is 44.8 Å². The molecule has 0 radical (unpaired) electrons. The van der Waals surface area contributed by atoms with Gasteiger partial charge in [-0.2, -0.15) is 5.26 Å². The summed E-state index contributed by atoms with van der Waals surface area (Å²) in [5.74, 6) is -1.44. The summed E-state index contributed by atoms with van der Waals surface area (Å²) >= 11 is 12.0. The Morgan fingerprint density at radius 3 is 2.78 bits per heavy atom. The van der Waals surface area contributed by atoms with E-state index in [-0.39, 0.29) is 51.7 Å². The first-order chi connectivity index (χ1) is 12.8. The van der Waals surface area contributed by atoms with Gasteiger partial charge in [-0.25, -0.2) is 23.2 Å². The molecule has 3 rings (SSSR count). The van der Waals surface area contributed by atoms with Crippen molar-refractivity contribution in [3.8, 4) is 6.07 Å². The Labute approximate surface area is 164 Å². The summed E-state index contributed by atoms with van der Waals surface area (Å²) in [7, 11) is -3.80. The molecule has 0 amide bonds. The predicted molar refractivity (Wildman–Crippen MR) is 98.0 cm³/mol. The van der Waals surface area contributed by atoms with E-state index in [2.05, 4.69) is 9.97 Å². The molecule has 1 aliphatic rings. The third kappa shape index (κ3) is 3.56. The molecule has 0 unspecified atom stereocenters. The van der Waals surface area contributed by atoms with E-state index in [9.17, 15) is 18.3 Å². The van der Waals surface area contributed by atoms with E-state index in [1.165, 1.54) is 23.1 Å². The number of carboxylic acids is 1. The van der Waals surface area contributed by atoms with Crippen molar-refractivity contribution < 1.29 is 18.3 Å². The van der Waals surface area contributed by atoms with E-state index in [1.54, 1.807) is 6.07 Å². The highest BCUT2D eigenvalue weighted by molar-refractivity contribution is 7.92. The molecule has 1 atom stereocenters. The molecule has 140 valence electrons. The van der Waals surface area contributed by atoms with Gasteiger partial charge in [0.15, 0.2) is 9.84 Å². The van der Waals surface area contributed by atoms with Crippen molar-refractivity contribution in [1.82, 2.24) is 9.97 Å². The first kappa shape index (κ1) is 19.4. The predicted octanol–water partition coefficient (Wildman–Crippen LogP) is 2.41. The highest BCUT2D eigenvalue weighted by atomic mass is 35.5. The lowest BCUT2D eigenvalue weighted by Crippen LogP contribution is -2.29. The van der Waals surface area contributed by atoms with E-state index in [4.69, 9.17) is 28.5 Å². The van der Waals surface area contributed by atoms with Gasteiger partial charge in [0.25, 0.3) is 0 Å². The monoisotopic (exact) mass is 426 g/mol. The van der Waals surface area contributed by atoms with Crippen LogP contribution in [0.25, 0.3) is 0 Å². The largest absolute Gasteiger partial charge is 0.477 e. The van der Waals surface area contributed by atoms with Gasteiger partial charge in [-0.05, 0) is 18.6 Å². The van der Waals surface area contributed by atoms with Gasteiger partial charge in [-0.15, -0.1) is 0 Å². The number of aromatic carboxylic acids is 1. The zero-order valence-corrected chi connectivity index (χ0v) is 16.0. The molecule has 1 N–H and O–H groups in total. The summed E-state index contributed by atoms with van der Waals surface area (Å²) in [6, 6.07) is 6.12. The number of nitrogens with zero attached hydrogens (tertiary/aromatic N) is 4. The van der Waals surface area contributed by atoms with Crippen LogP contribution in [0.4, 0.5) is 5.82 Å². The van der Waals surface area contributed by atoms with E-state index < -0.39 is 21.1 Å². The first-order valence-corrected chi connectivity index (χ1v) is 9.99. The molecule has 1 aromatic carbocycles. The van der Waals surface area contributed by atoms with Gasteiger partial charge >= 0.3 is 5.97 Å².